The van der Waals surface area contributed by atoms with Crippen molar-refractivity contribution in [1.29, 1.82) is 0 Å². The third kappa shape index (κ3) is 5.69. The molecule has 0 spiro atoms. The van der Waals surface area contributed by atoms with Gasteiger partial charge in [-0.05, 0) is 49.6 Å². The summed E-state index contributed by atoms with van der Waals surface area (Å²) in [6.07, 6.45) is 0. The Hall–Kier alpha value is -3.10. The van der Waals surface area contributed by atoms with Crippen LogP contribution in [0.4, 0.5) is 0 Å². The molecule has 6 nitrogen and oxygen atoms in total. The number of amides is 1. The van der Waals surface area contributed by atoms with E-state index in [0.29, 0.717) is 30.1 Å². The first-order valence-electron chi connectivity index (χ1n) is 11.0. The maximum absolute atomic E-state index is 12.7. The van der Waals surface area contributed by atoms with Crippen molar-refractivity contribution in [2.45, 2.75) is 44.9 Å². The Balaban J connectivity index is 1.32. The summed E-state index contributed by atoms with van der Waals surface area (Å²) in [5.74, 6) is 1.79. The maximum atomic E-state index is 12.7. The zero-order valence-corrected chi connectivity index (χ0v) is 21.0. The van der Waals surface area contributed by atoms with Crippen LogP contribution in [-0.2, 0) is 23.7 Å². The van der Waals surface area contributed by atoms with E-state index in [1.165, 1.54) is 23.1 Å². The highest BCUT2D eigenvalue weighted by Gasteiger charge is 2.16. The highest BCUT2D eigenvalue weighted by Crippen LogP contribution is 2.26. The minimum absolute atomic E-state index is 0.0602. The fourth-order valence-corrected chi connectivity index (χ4v) is 5.35. The zero-order chi connectivity index (χ0) is 24.1. The average molecular weight is 494 g/mol. The summed E-state index contributed by atoms with van der Waals surface area (Å²) >= 11 is 2.98. The van der Waals surface area contributed by atoms with Crippen LogP contribution in [0.25, 0.3) is 10.2 Å². The van der Waals surface area contributed by atoms with Crippen molar-refractivity contribution in [3.05, 3.63) is 92.3 Å². The molecule has 0 saturated heterocycles. The number of fused-ring (bicyclic) bond motifs is 1. The molecule has 1 unspecified atom stereocenters. The Labute approximate surface area is 206 Å². The molecule has 2 heterocycles. The summed E-state index contributed by atoms with van der Waals surface area (Å²) in [4.78, 5) is 34.5. The van der Waals surface area contributed by atoms with Crippen LogP contribution in [0.1, 0.15) is 34.3 Å². The van der Waals surface area contributed by atoms with Gasteiger partial charge in [-0.1, -0.05) is 42.5 Å². The minimum Gasteiger partial charge on any atom is -0.489 e. The van der Waals surface area contributed by atoms with E-state index >= 15 is 0 Å². The van der Waals surface area contributed by atoms with Gasteiger partial charge in [0, 0.05) is 11.4 Å². The van der Waals surface area contributed by atoms with E-state index in [1.54, 1.807) is 0 Å². The Morgan fingerprint density at radius 3 is 2.59 bits per heavy atom. The van der Waals surface area contributed by atoms with E-state index in [4.69, 9.17) is 4.74 Å². The van der Waals surface area contributed by atoms with E-state index in [1.807, 2.05) is 75.4 Å². The Morgan fingerprint density at radius 2 is 1.82 bits per heavy atom. The number of benzene rings is 2. The first kappa shape index (κ1) is 24.0. The van der Waals surface area contributed by atoms with E-state index < -0.39 is 0 Å². The molecule has 2 N–H and O–H groups in total. The van der Waals surface area contributed by atoms with E-state index in [0.717, 1.165) is 32.1 Å². The second kappa shape index (κ2) is 10.9. The van der Waals surface area contributed by atoms with Gasteiger partial charge >= 0.3 is 0 Å². The minimum atomic E-state index is -0.291. The second-order valence-electron chi connectivity index (χ2n) is 8.02. The number of hydrogen-bond acceptors (Lipinski definition) is 6. The van der Waals surface area contributed by atoms with Gasteiger partial charge < -0.3 is 15.0 Å². The van der Waals surface area contributed by atoms with Crippen molar-refractivity contribution >= 4 is 39.2 Å². The van der Waals surface area contributed by atoms with Crippen LogP contribution >= 0.6 is 23.1 Å². The fraction of sp³-hybridized carbons (Fsp3) is 0.269. The monoisotopic (exact) mass is 493 g/mol. The maximum Gasteiger partial charge on any atom is 0.259 e. The van der Waals surface area contributed by atoms with Crippen molar-refractivity contribution in [2.75, 3.05) is 0 Å². The van der Waals surface area contributed by atoms with E-state index in [2.05, 4.69) is 15.3 Å². The number of carbonyl (C=O) groups is 1. The number of aromatic nitrogens is 2. The number of rotatable bonds is 9. The lowest BCUT2D eigenvalue weighted by molar-refractivity contribution is -0.120. The number of aryl methyl sites for hydroxylation is 2. The van der Waals surface area contributed by atoms with Crippen molar-refractivity contribution in [2.24, 2.45) is 0 Å². The molecule has 0 fully saturated rings. The highest BCUT2D eigenvalue weighted by atomic mass is 32.2. The van der Waals surface area contributed by atoms with Crippen molar-refractivity contribution < 1.29 is 9.53 Å². The van der Waals surface area contributed by atoms with E-state index in [-0.39, 0.29) is 16.7 Å². The number of aromatic amines is 1. The van der Waals surface area contributed by atoms with Gasteiger partial charge in [0.15, 0.2) is 0 Å². The van der Waals surface area contributed by atoms with Gasteiger partial charge in [0.25, 0.3) is 5.56 Å². The molecule has 4 aromatic rings. The molecular weight excluding hydrogens is 466 g/mol. The number of para-hydroxylation sites is 1. The summed E-state index contributed by atoms with van der Waals surface area (Å²) < 4.78 is 5.87. The zero-order valence-electron chi connectivity index (χ0n) is 19.4. The summed E-state index contributed by atoms with van der Waals surface area (Å²) in [5.41, 5.74) is 2.91. The lowest BCUT2D eigenvalue weighted by Gasteiger charge is -2.14. The predicted octanol–water partition coefficient (Wildman–Crippen LogP) is 5.12. The molecule has 0 aliphatic carbocycles. The number of nitrogens with one attached hydrogen (secondary N) is 2. The number of ether oxygens (including phenoxy) is 1. The van der Waals surface area contributed by atoms with Gasteiger partial charge in [0.05, 0.1) is 16.4 Å². The van der Waals surface area contributed by atoms with Crippen molar-refractivity contribution in [3.8, 4) is 5.75 Å². The summed E-state index contributed by atoms with van der Waals surface area (Å²) in [6, 6.07) is 17.6. The first-order valence-corrected chi connectivity index (χ1v) is 12.9. The topological polar surface area (TPSA) is 84.1 Å². The van der Waals surface area contributed by atoms with Gasteiger partial charge in [-0.25, -0.2) is 4.98 Å². The average Bonchev–Trinajstić information content (AvgIpc) is 3.14. The Bertz CT molecular complexity index is 1350. The van der Waals surface area contributed by atoms with Crippen molar-refractivity contribution in [1.82, 2.24) is 15.3 Å². The van der Waals surface area contributed by atoms with Crippen LogP contribution in [0, 0.1) is 13.8 Å². The summed E-state index contributed by atoms with van der Waals surface area (Å²) in [5, 5.41) is 3.39. The van der Waals surface area contributed by atoms with Crippen LogP contribution < -0.4 is 15.6 Å². The molecule has 1 amide bonds. The third-order valence-corrected chi connectivity index (χ3v) is 7.89. The lowest BCUT2D eigenvalue weighted by atomic mass is 10.1. The summed E-state index contributed by atoms with van der Waals surface area (Å²) in [6.45, 7) is 6.66. The third-order valence-electron chi connectivity index (χ3n) is 5.64. The predicted molar refractivity (Wildman–Crippen MR) is 140 cm³/mol. The number of carbonyl (C=O) groups excluding carboxylic acids is 1. The molecule has 0 aliphatic heterocycles. The molecule has 2 aromatic carbocycles. The Kier molecular flexibility index (Phi) is 7.70. The van der Waals surface area contributed by atoms with Gasteiger partial charge in [0.2, 0.25) is 5.91 Å². The molecule has 0 bridgehead atoms. The quantitative estimate of drug-likeness (QED) is 0.338. The summed E-state index contributed by atoms with van der Waals surface area (Å²) in [7, 11) is 0. The smallest absolute Gasteiger partial charge is 0.259 e. The van der Waals surface area contributed by atoms with Crippen LogP contribution in [-0.4, -0.2) is 21.1 Å². The number of hydrogen-bond donors (Lipinski definition) is 2. The molecule has 0 aliphatic rings. The van der Waals surface area contributed by atoms with Gasteiger partial charge in [-0.15, -0.1) is 23.1 Å². The van der Waals surface area contributed by atoms with Crippen LogP contribution in [0.3, 0.4) is 0 Å². The highest BCUT2D eigenvalue weighted by molar-refractivity contribution is 7.99. The Morgan fingerprint density at radius 1 is 1.12 bits per heavy atom. The van der Waals surface area contributed by atoms with E-state index in [9.17, 15) is 9.59 Å². The second-order valence-corrected chi connectivity index (χ2v) is 10.5. The number of nitrogens with zero attached hydrogens (tertiary/aromatic N) is 1. The molecule has 34 heavy (non-hydrogen) atoms. The standard InChI is InChI=1S/C26H27N3O3S2/c1-16-17(2)34-26-23(16)25(31)28-22(29-26)15-33-18(3)24(30)27-13-19-9-7-8-10-20(19)14-32-21-11-5-4-6-12-21/h4-12,18H,13-15H2,1-3H3,(H,27,30)(H,28,29,31). The van der Waals surface area contributed by atoms with Crippen LogP contribution in [0.15, 0.2) is 59.4 Å². The van der Waals surface area contributed by atoms with Gasteiger partial charge in [-0.3, -0.25) is 9.59 Å². The molecule has 1 atom stereocenters. The molecular formula is C26H27N3O3S2. The normalized spacial score (nSPS) is 12.0. The first-order chi connectivity index (χ1) is 16.4. The van der Waals surface area contributed by atoms with Gasteiger partial charge in [-0.2, -0.15) is 0 Å². The van der Waals surface area contributed by atoms with Crippen LogP contribution in [0.5, 0.6) is 5.75 Å². The molecule has 0 saturated carbocycles. The molecule has 8 heteroatoms. The number of thiophene rings is 1. The molecule has 4 rings (SSSR count). The number of H-pyrrole nitrogens is 1. The number of thioether (sulfide) groups is 1. The molecule has 2 aromatic heterocycles. The van der Waals surface area contributed by atoms with Crippen molar-refractivity contribution in [3.63, 3.8) is 0 Å². The molecule has 176 valence electrons. The lowest BCUT2D eigenvalue weighted by Crippen LogP contribution is -2.31. The van der Waals surface area contributed by atoms with Gasteiger partial charge in [0.1, 0.15) is 23.0 Å². The fourth-order valence-electron chi connectivity index (χ4n) is 3.52. The largest absolute Gasteiger partial charge is 0.489 e. The van der Waals surface area contributed by atoms with Crippen LogP contribution in [0.2, 0.25) is 0 Å². The molecule has 0 radical (unpaired) electrons. The SMILES string of the molecule is Cc1sc2nc(CSC(C)C(=O)NCc3ccccc3COc3ccccc3)[nH]c(=O)c2c1C.